The van der Waals surface area contributed by atoms with Gasteiger partial charge in [-0.2, -0.15) is 26.3 Å². The maximum absolute atomic E-state index is 12.9. The number of methoxy groups -OCH3 is 2. The molecule has 0 amide bonds. The highest BCUT2D eigenvalue weighted by Crippen LogP contribution is 2.53. The van der Waals surface area contributed by atoms with E-state index in [9.17, 15) is 31.2 Å². The largest absolute Gasteiger partial charge is 0.430 e. The molecule has 0 bridgehead atoms. The molecule has 0 fully saturated rings. The lowest BCUT2D eigenvalue weighted by atomic mass is 9.88. The number of rotatable bonds is 5. The molecule has 1 aromatic carbocycles. The second-order valence-electron chi connectivity index (χ2n) is 4.22. The van der Waals surface area contributed by atoms with E-state index in [1.54, 1.807) is 0 Å². The van der Waals surface area contributed by atoms with Gasteiger partial charge in [-0.3, -0.25) is 0 Å². The summed E-state index contributed by atoms with van der Waals surface area (Å²) in [4.78, 5) is 10.5. The Morgan fingerprint density at radius 1 is 0.909 bits per heavy atom. The lowest BCUT2D eigenvalue weighted by Gasteiger charge is -2.31. The number of nitroso groups, excluding NO2 is 1. The van der Waals surface area contributed by atoms with Crippen molar-refractivity contribution >= 4 is 0 Å². The molecule has 22 heavy (non-hydrogen) atoms. The molecule has 0 saturated carbocycles. The van der Waals surface area contributed by atoms with E-state index in [1.807, 2.05) is 0 Å². The topological polar surface area (TPSA) is 47.9 Å². The molecule has 0 atom stereocenters. The van der Waals surface area contributed by atoms with Crippen LogP contribution in [0.25, 0.3) is 0 Å². The van der Waals surface area contributed by atoms with E-state index in [1.165, 1.54) is 19.4 Å². The first kappa shape index (κ1) is 18.4. The predicted octanol–water partition coefficient (Wildman–Crippen LogP) is 4.06. The molecule has 4 nitrogen and oxygen atoms in total. The van der Waals surface area contributed by atoms with Gasteiger partial charge in [0.2, 0.25) is 0 Å². The molecular formula is C12H11F6NO3. The Morgan fingerprint density at radius 3 is 1.59 bits per heavy atom. The smallest absolute Gasteiger partial charge is 0.352 e. The number of alkyl halides is 6. The summed E-state index contributed by atoms with van der Waals surface area (Å²) in [6, 6.07) is 2.90. The van der Waals surface area contributed by atoms with E-state index in [0.29, 0.717) is 12.1 Å². The minimum atomic E-state index is -5.93. The molecule has 0 N–H and O–H groups in total. The van der Waals surface area contributed by atoms with Crippen LogP contribution in [-0.4, -0.2) is 26.6 Å². The van der Waals surface area contributed by atoms with E-state index < -0.39 is 29.7 Å². The lowest BCUT2D eigenvalue weighted by molar-refractivity contribution is -0.301. The first-order valence-corrected chi connectivity index (χ1v) is 5.69. The molecule has 10 heteroatoms. The van der Waals surface area contributed by atoms with Gasteiger partial charge in [-0.25, -0.2) is 0 Å². The molecule has 0 aliphatic heterocycles. The van der Waals surface area contributed by atoms with Crippen molar-refractivity contribution in [1.82, 2.24) is 0 Å². The quantitative estimate of drug-likeness (QED) is 0.464. The van der Waals surface area contributed by atoms with Crippen LogP contribution in [0.4, 0.5) is 26.3 Å². The van der Waals surface area contributed by atoms with Gasteiger partial charge in [-0.05, 0) is 5.18 Å². The zero-order valence-corrected chi connectivity index (χ0v) is 11.3. The van der Waals surface area contributed by atoms with Gasteiger partial charge in [0.25, 0.3) is 0 Å². The van der Waals surface area contributed by atoms with Crippen molar-refractivity contribution < 1.29 is 35.8 Å². The van der Waals surface area contributed by atoms with Crippen LogP contribution in [-0.2, 0) is 15.0 Å². The molecule has 0 spiro atoms. The molecule has 1 aromatic rings. The van der Waals surface area contributed by atoms with Crippen LogP contribution in [0.1, 0.15) is 17.4 Å². The average molecular weight is 331 g/mol. The van der Waals surface area contributed by atoms with E-state index in [2.05, 4.69) is 0 Å². The number of halogens is 6. The third-order valence-corrected chi connectivity index (χ3v) is 2.99. The van der Waals surface area contributed by atoms with Gasteiger partial charge in [-0.15, -0.1) is 4.91 Å². The second-order valence-corrected chi connectivity index (χ2v) is 4.22. The Bertz CT molecular complexity index is 493. The highest BCUT2D eigenvalue weighted by Gasteiger charge is 2.74. The normalized spacial score (nSPS) is 13.5. The summed E-state index contributed by atoms with van der Waals surface area (Å²) in [7, 11) is 2.48. The summed E-state index contributed by atoms with van der Waals surface area (Å²) in [5, 5.41) is 1.38. The molecule has 0 aromatic heterocycles. The highest BCUT2D eigenvalue weighted by atomic mass is 19.4. The number of nitrogens with zero attached hydrogens (tertiary/aromatic N) is 1. The fraction of sp³-hybridized carbons (Fsp3) is 0.500. The van der Waals surface area contributed by atoms with Crippen molar-refractivity contribution in [3.63, 3.8) is 0 Å². The third-order valence-electron chi connectivity index (χ3n) is 2.99. The maximum atomic E-state index is 12.9. The molecule has 0 saturated heterocycles. The Kier molecular flexibility index (Phi) is 5.18. The Balaban J connectivity index is 3.43. The zero-order valence-electron chi connectivity index (χ0n) is 11.3. The van der Waals surface area contributed by atoms with Crippen molar-refractivity contribution in [3.8, 4) is 0 Å². The number of hydrogen-bond acceptors (Lipinski definition) is 4. The summed E-state index contributed by atoms with van der Waals surface area (Å²) >= 11 is 0. The molecule has 0 aliphatic carbocycles. The van der Waals surface area contributed by atoms with Crippen LogP contribution in [0.5, 0.6) is 0 Å². The zero-order chi connectivity index (χ0) is 17.2. The summed E-state index contributed by atoms with van der Waals surface area (Å²) in [5.74, 6) is 0. The highest BCUT2D eigenvalue weighted by molar-refractivity contribution is 5.33. The number of benzene rings is 1. The SMILES string of the molecule is COC(OC)c1ccc(C(N=O)(C(F)(F)F)C(F)(F)F)cc1. The van der Waals surface area contributed by atoms with E-state index in [-0.39, 0.29) is 5.56 Å². The van der Waals surface area contributed by atoms with Crippen molar-refractivity contribution in [2.24, 2.45) is 5.18 Å². The standard InChI is InChI=1S/C12H11F6NO3/c1-21-9(22-2)7-3-5-8(6-4-7)10(19-20,11(13,14)15)12(16,17)18/h3-6,9H,1-2H3. The van der Waals surface area contributed by atoms with E-state index in [0.717, 1.165) is 12.1 Å². The van der Waals surface area contributed by atoms with E-state index >= 15 is 0 Å². The van der Waals surface area contributed by atoms with Crippen molar-refractivity contribution in [1.29, 1.82) is 0 Å². The maximum Gasteiger partial charge on any atom is 0.430 e. The molecule has 124 valence electrons. The minimum absolute atomic E-state index is 0.179. The summed E-state index contributed by atoms with van der Waals surface area (Å²) in [6.07, 6.45) is -12.8. The van der Waals surface area contributed by atoms with Gasteiger partial charge >= 0.3 is 17.9 Å². The third kappa shape index (κ3) is 2.93. The van der Waals surface area contributed by atoms with Crippen LogP contribution < -0.4 is 0 Å². The first-order chi connectivity index (χ1) is 10.0. The molecule has 1 rings (SSSR count). The van der Waals surface area contributed by atoms with Gasteiger partial charge in [0, 0.05) is 25.3 Å². The van der Waals surface area contributed by atoms with Crippen LogP contribution in [0, 0.1) is 4.91 Å². The Hall–Kier alpha value is -1.68. The van der Waals surface area contributed by atoms with Gasteiger partial charge < -0.3 is 9.47 Å². The van der Waals surface area contributed by atoms with Crippen molar-refractivity contribution in [2.75, 3.05) is 14.2 Å². The molecular weight excluding hydrogens is 320 g/mol. The molecule has 0 aliphatic rings. The van der Waals surface area contributed by atoms with Crippen LogP contribution in [0.3, 0.4) is 0 Å². The summed E-state index contributed by atoms with van der Waals surface area (Å²) in [6.45, 7) is 0. The van der Waals surface area contributed by atoms with Crippen LogP contribution >= 0.6 is 0 Å². The fourth-order valence-electron chi connectivity index (χ4n) is 1.89. The Labute approximate surface area is 121 Å². The van der Waals surface area contributed by atoms with E-state index in [4.69, 9.17) is 9.47 Å². The molecule has 0 radical (unpaired) electrons. The van der Waals surface area contributed by atoms with Gasteiger partial charge in [0.1, 0.15) is 0 Å². The number of hydrogen-bond donors (Lipinski definition) is 0. The average Bonchev–Trinajstić information content (AvgIpc) is 2.40. The number of ether oxygens (including phenoxy) is 2. The minimum Gasteiger partial charge on any atom is -0.352 e. The van der Waals surface area contributed by atoms with Crippen molar-refractivity contribution in [3.05, 3.63) is 40.3 Å². The predicted molar refractivity (Wildman–Crippen MR) is 62.8 cm³/mol. The fourth-order valence-corrected chi connectivity index (χ4v) is 1.89. The Morgan fingerprint density at radius 2 is 1.32 bits per heavy atom. The summed E-state index contributed by atoms with van der Waals surface area (Å²) in [5.41, 5.74) is -5.98. The molecule has 0 heterocycles. The molecule has 0 unspecified atom stereocenters. The van der Waals surface area contributed by atoms with Crippen LogP contribution in [0.2, 0.25) is 0 Å². The van der Waals surface area contributed by atoms with Gasteiger partial charge in [0.15, 0.2) is 6.29 Å². The van der Waals surface area contributed by atoms with Crippen molar-refractivity contribution in [2.45, 2.75) is 24.2 Å². The first-order valence-electron chi connectivity index (χ1n) is 5.69. The monoisotopic (exact) mass is 331 g/mol. The van der Waals surface area contributed by atoms with Crippen LogP contribution in [0.15, 0.2) is 29.4 Å². The van der Waals surface area contributed by atoms with Gasteiger partial charge in [0.05, 0.1) is 0 Å². The van der Waals surface area contributed by atoms with Gasteiger partial charge in [-0.1, -0.05) is 24.3 Å². The lowest BCUT2D eigenvalue weighted by Crippen LogP contribution is -2.52. The second kappa shape index (κ2) is 6.21. The summed E-state index contributed by atoms with van der Waals surface area (Å²) < 4.78 is 87.0.